The van der Waals surface area contributed by atoms with E-state index in [-0.39, 0.29) is 17.4 Å². The second kappa shape index (κ2) is 4.64. The molecule has 2 aliphatic rings. The first-order valence-electron chi connectivity index (χ1n) is 6.55. The van der Waals surface area contributed by atoms with Crippen LogP contribution in [0, 0.1) is 0 Å². The lowest BCUT2D eigenvalue weighted by Crippen LogP contribution is -2.43. The smallest absolute Gasteiger partial charge is 0.256 e. The van der Waals surface area contributed by atoms with Crippen molar-refractivity contribution in [1.29, 1.82) is 0 Å². The normalized spacial score (nSPS) is 30.2. The van der Waals surface area contributed by atoms with E-state index in [1.807, 2.05) is 6.92 Å². The zero-order chi connectivity index (χ0) is 13.4. The van der Waals surface area contributed by atoms with E-state index >= 15 is 0 Å². The number of hydrogen-bond donors (Lipinski definition) is 0. The molecule has 0 aromatic heterocycles. The zero-order valence-corrected chi connectivity index (χ0v) is 11.8. The van der Waals surface area contributed by atoms with Gasteiger partial charge in [0.15, 0.2) is 15.4 Å². The number of amides is 1. The summed E-state index contributed by atoms with van der Waals surface area (Å²) in [4.78, 5) is 18.5. The molecule has 6 heteroatoms. The lowest BCUT2D eigenvalue weighted by molar-refractivity contribution is -0.130. The molecule has 0 radical (unpaired) electrons. The van der Waals surface area contributed by atoms with Crippen LogP contribution in [0.3, 0.4) is 0 Å². The van der Waals surface area contributed by atoms with Gasteiger partial charge in [0.2, 0.25) is 0 Å². The van der Waals surface area contributed by atoms with Gasteiger partial charge >= 0.3 is 0 Å². The van der Waals surface area contributed by atoms with E-state index in [1.165, 1.54) is 0 Å². The molecule has 102 valence electrons. The quantitative estimate of drug-likeness (QED) is 0.766. The SMILES string of the molecule is CCCCC1=NC2(CCS(=O)(=O)C2)C(=O)N1CC. The molecule has 0 saturated carbocycles. The molecule has 1 saturated heterocycles. The summed E-state index contributed by atoms with van der Waals surface area (Å²) >= 11 is 0. The van der Waals surface area contributed by atoms with Gasteiger partial charge in [-0.3, -0.25) is 14.7 Å². The van der Waals surface area contributed by atoms with E-state index < -0.39 is 15.4 Å². The lowest BCUT2D eigenvalue weighted by atomic mass is 10.00. The van der Waals surface area contributed by atoms with E-state index in [0.29, 0.717) is 13.0 Å². The summed E-state index contributed by atoms with van der Waals surface area (Å²) in [6.07, 6.45) is 3.12. The van der Waals surface area contributed by atoms with Crippen molar-refractivity contribution >= 4 is 21.6 Å². The average molecular weight is 272 g/mol. The molecule has 18 heavy (non-hydrogen) atoms. The molecule has 2 rings (SSSR count). The standard InChI is InChI=1S/C12H20N2O3S/c1-3-5-6-10-13-12(11(15)14(10)4-2)7-8-18(16,17)9-12/h3-9H2,1-2H3. The first-order chi connectivity index (χ1) is 8.44. The van der Waals surface area contributed by atoms with E-state index in [0.717, 1.165) is 25.1 Å². The number of nitrogens with zero attached hydrogens (tertiary/aromatic N) is 2. The lowest BCUT2D eigenvalue weighted by Gasteiger charge is -2.20. The summed E-state index contributed by atoms with van der Waals surface area (Å²) in [6, 6.07) is 0. The minimum absolute atomic E-state index is 0.0842. The van der Waals surface area contributed by atoms with Gasteiger partial charge in [0.25, 0.3) is 5.91 Å². The fraction of sp³-hybridized carbons (Fsp3) is 0.833. The minimum atomic E-state index is -3.10. The Hall–Kier alpha value is -0.910. The van der Waals surface area contributed by atoms with Crippen LogP contribution in [-0.4, -0.2) is 48.6 Å². The number of sulfone groups is 1. The highest BCUT2D eigenvalue weighted by atomic mass is 32.2. The number of amidine groups is 1. The molecule has 2 aliphatic heterocycles. The van der Waals surface area contributed by atoms with Gasteiger partial charge in [0, 0.05) is 13.0 Å². The second-order valence-corrected chi connectivity index (χ2v) is 7.24. The Labute approximate surface area is 108 Å². The van der Waals surface area contributed by atoms with Crippen molar-refractivity contribution in [1.82, 2.24) is 4.90 Å². The minimum Gasteiger partial charge on any atom is -0.299 e. The van der Waals surface area contributed by atoms with Crippen molar-refractivity contribution in [2.45, 2.75) is 45.1 Å². The Balaban J connectivity index is 2.28. The van der Waals surface area contributed by atoms with Crippen molar-refractivity contribution < 1.29 is 13.2 Å². The Morgan fingerprint density at radius 2 is 2.11 bits per heavy atom. The molecule has 0 aromatic carbocycles. The second-order valence-electron chi connectivity index (χ2n) is 5.05. The molecule has 1 spiro atoms. The first-order valence-corrected chi connectivity index (χ1v) is 8.37. The predicted molar refractivity (Wildman–Crippen MR) is 70.3 cm³/mol. The fourth-order valence-corrected chi connectivity index (χ4v) is 4.52. The van der Waals surface area contributed by atoms with Crippen molar-refractivity contribution in [3.05, 3.63) is 0 Å². The van der Waals surface area contributed by atoms with Crippen molar-refractivity contribution in [2.75, 3.05) is 18.1 Å². The number of likely N-dealkylation sites (N-methyl/N-ethyl adjacent to an activating group) is 1. The number of aliphatic imine (C=N–C) groups is 1. The number of carbonyl (C=O) groups is 1. The summed E-state index contributed by atoms with van der Waals surface area (Å²) in [5.41, 5.74) is -0.988. The van der Waals surface area contributed by atoms with Gasteiger partial charge in [-0.15, -0.1) is 0 Å². The third kappa shape index (κ3) is 2.18. The molecular formula is C12H20N2O3S. The van der Waals surface area contributed by atoms with E-state index in [1.54, 1.807) is 4.90 Å². The van der Waals surface area contributed by atoms with Crippen LogP contribution in [0.5, 0.6) is 0 Å². The summed E-state index contributed by atoms with van der Waals surface area (Å²) in [6.45, 7) is 4.56. The van der Waals surface area contributed by atoms with Crippen molar-refractivity contribution in [2.24, 2.45) is 4.99 Å². The van der Waals surface area contributed by atoms with Gasteiger partial charge in [-0.25, -0.2) is 8.42 Å². The predicted octanol–water partition coefficient (Wildman–Crippen LogP) is 0.994. The highest BCUT2D eigenvalue weighted by Crippen LogP contribution is 2.35. The molecule has 0 bridgehead atoms. The maximum Gasteiger partial charge on any atom is 0.256 e. The molecule has 1 atom stereocenters. The Kier molecular flexibility index (Phi) is 3.49. The number of carbonyl (C=O) groups excluding carboxylic acids is 1. The van der Waals surface area contributed by atoms with Gasteiger partial charge in [-0.1, -0.05) is 13.3 Å². The topological polar surface area (TPSA) is 66.8 Å². The van der Waals surface area contributed by atoms with Crippen molar-refractivity contribution in [3.8, 4) is 0 Å². The molecule has 0 aromatic rings. The van der Waals surface area contributed by atoms with E-state index in [9.17, 15) is 13.2 Å². The summed E-state index contributed by atoms with van der Waals surface area (Å²) in [7, 11) is -3.10. The van der Waals surface area contributed by atoms with Crippen LogP contribution >= 0.6 is 0 Å². The number of hydrogen-bond acceptors (Lipinski definition) is 4. The van der Waals surface area contributed by atoms with Crippen molar-refractivity contribution in [3.63, 3.8) is 0 Å². The van der Waals surface area contributed by atoms with Crippen LogP contribution in [0.4, 0.5) is 0 Å². The van der Waals surface area contributed by atoms with Gasteiger partial charge in [-0.2, -0.15) is 0 Å². The monoisotopic (exact) mass is 272 g/mol. The molecule has 2 heterocycles. The van der Waals surface area contributed by atoms with Crippen LogP contribution in [-0.2, 0) is 14.6 Å². The Morgan fingerprint density at radius 3 is 2.61 bits per heavy atom. The molecular weight excluding hydrogens is 252 g/mol. The summed E-state index contributed by atoms with van der Waals surface area (Å²) in [5, 5.41) is 0. The van der Waals surface area contributed by atoms with Crippen LogP contribution in [0.1, 0.15) is 39.5 Å². The Morgan fingerprint density at radius 1 is 1.39 bits per heavy atom. The van der Waals surface area contributed by atoms with Gasteiger partial charge < -0.3 is 0 Å². The first kappa shape index (κ1) is 13.5. The maximum atomic E-state index is 12.4. The van der Waals surface area contributed by atoms with Crippen LogP contribution in [0.15, 0.2) is 4.99 Å². The molecule has 1 fully saturated rings. The average Bonchev–Trinajstić information content (AvgIpc) is 2.75. The third-order valence-corrected chi connectivity index (χ3v) is 5.40. The van der Waals surface area contributed by atoms with Crippen LogP contribution in [0.2, 0.25) is 0 Å². The Bertz CT molecular complexity index is 484. The molecule has 5 nitrogen and oxygen atoms in total. The summed E-state index contributed by atoms with van der Waals surface area (Å²) < 4.78 is 23.2. The number of rotatable bonds is 4. The highest BCUT2D eigenvalue weighted by Gasteiger charge is 2.54. The van der Waals surface area contributed by atoms with E-state index in [4.69, 9.17) is 0 Å². The highest BCUT2D eigenvalue weighted by molar-refractivity contribution is 7.91. The van der Waals surface area contributed by atoms with E-state index in [2.05, 4.69) is 11.9 Å². The maximum absolute atomic E-state index is 12.4. The largest absolute Gasteiger partial charge is 0.299 e. The molecule has 1 unspecified atom stereocenters. The molecule has 1 amide bonds. The zero-order valence-electron chi connectivity index (χ0n) is 11.0. The molecule has 0 N–H and O–H groups in total. The van der Waals surface area contributed by atoms with Gasteiger partial charge in [0.05, 0.1) is 11.5 Å². The van der Waals surface area contributed by atoms with Gasteiger partial charge in [0.1, 0.15) is 5.84 Å². The fourth-order valence-electron chi connectivity index (χ4n) is 2.66. The number of unbranched alkanes of at least 4 members (excludes halogenated alkanes) is 1. The third-order valence-electron chi connectivity index (χ3n) is 3.65. The molecule has 0 aliphatic carbocycles. The van der Waals surface area contributed by atoms with Crippen LogP contribution in [0.25, 0.3) is 0 Å². The summed E-state index contributed by atoms with van der Waals surface area (Å²) in [5.74, 6) is 0.643. The van der Waals surface area contributed by atoms with Gasteiger partial charge in [-0.05, 0) is 19.8 Å². The van der Waals surface area contributed by atoms with Crippen LogP contribution < -0.4 is 0 Å².